The van der Waals surface area contributed by atoms with Crippen molar-refractivity contribution in [2.24, 2.45) is 5.92 Å². The van der Waals surface area contributed by atoms with Gasteiger partial charge in [0.05, 0.1) is 24.2 Å². The summed E-state index contributed by atoms with van der Waals surface area (Å²) in [5.41, 5.74) is 3.57. The molecule has 0 aromatic heterocycles. The van der Waals surface area contributed by atoms with Gasteiger partial charge in [0.25, 0.3) is 0 Å². The Hall–Kier alpha value is -3.22. The zero-order chi connectivity index (χ0) is 32.6. The van der Waals surface area contributed by atoms with E-state index in [-0.39, 0.29) is 28.0 Å². The van der Waals surface area contributed by atoms with Crippen molar-refractivity contribution in [1.29, 1.82) is 0 Å². The SMILES string of the molecule is COC(I)C(CC(C)C)NC(=O)N1CC[C@@H](N2CCN(c3ccc(F)cc3)CC2)[C@H](OC(=O)c2ccc(-c3ccccc3)cc2)C1. The molecule has 2 amide bonds. The molecule has 1 N–H and O–H groups in total. The molecule has 0 saturated carbocycles. The lowest BCUT2D eigenvalue weighted by Crippen LogP contribution is -2.62. The zero-order valence-electron chi connectivity index (χ0n) is 26.8. The van der Waals surface area contributed by atoms with Crippen molar-refractivity contribution in [1.82, 2.24) is 15.1 Å². The highest BCUT2D eigenvalue weighted by Gasteiger charge is 2.39. The summed E-state index contributed by atoms with van der Waals surface area (Å²) in [6.45, 7) is 8.21. The smallest absolute Gasteiger partial charge is 0.338 e. The van der Waals surface area contributed by atoms with E-state index < -0.39 is 12.1 Å². The van der Waals surface area contributed by atoms with E-state index in [1.165, 1.54) is 12.1 Å². The lowest BCUT2D eigenvalue weighted by molar-refractivity contribution is -0.0315. The Labute approximate surface area is 285 Å². The topological polar surface area (TPSA) is 74.3 Å². The molecule has 0 bridgehead atoms. The minimum absolute atomic E-state index is 0.0327. The molecule has 46 heavy (non-hydrogen) atoms. The summed E-state index contributed by atoms with van der Waals surface area (Å²) in [7, 11) is 1.65. The Balaban J connectivity index is 1.29. The van der Waals surface area contributed by atoms with E-state index >= 15 is 0 Å². The Kier molecular flexibility index (Phi) is 11.9. The number of nitrogens with one attached hydrogen (secondary N) is 1. The normalized spacial score (nSPS) is 20.3. The number of halogens is 2. The number of hydrogen-bond acceptors (Lipinski definition) is 6. The summed E-state index contributed by atoms with van der Waals surface area (Å²) in [6.07, 6.45) is 0.973. The number of urea groups is 1. The van der Waals surface area contributed by atoms with Crippen molar-refractivity contribution < 1.29 is 23.5 Å². The van der Waals surface area contributed by atoms with Crippen LogP contribution in [0.25, 0.3) is 11.1 Å². The number of alkyl halides is 1. The van der Waals surface area contributed by atoms with Gasteiger partial charge in [-0.05, 0) is 88.9 Å². The zero-order valence-corrected chi connectivity index (χ0v) is 28.9. The maximum atomic E-state index is 13.6. The molecule has 3 aromatic carbocycles. The predicted octanol–water partition coefficient (Wildman–Crippen LogP) is 6.45. The molecule has 2 heterocycles. The van der Waals surface area contributed by atoms with E-state index in [1.54, 1.807) is 24.1 Å². The van der Waals surface area contributed by atoms with Crippen molar-refractivity contribution in [2.45, 2.75) is 49.0 Å². The van der Waals surface area contributed by atoms with Gasteiger partial charge in [0, 0.05) is 45.5 Å². The van der Waals surface area contributed by atoms with E-state index in [0.717, 1.165) is 49.4 Å². The van der Waals surface area contributed by atoms with E-state index in [9.17, 15) is 14.0 Å². The number of esters is 1. The molecular weight excluding hydrogens is 698 g/mol. The van der Waals surface area contributed by atoms with Crippen LogP contribution >= 0.6 is 22.6 Å². The standard InChI is InChI=1S/C36H44FIN4O4/c1-25(2)23-31(34(38)45-3)39-36(44)42-18-17-32(41-21-19-40(20-22-41)30-15-13-29(37)14-16-30)33(24-42)46-35(43)28-11-9-27(10-12-28)26-7-5-4-6-8-26/h4-16,25,31-34H,17-24H2,1-3H3,(H,39,44)/t31?,32-,33-,34?/m1/s1. The van der Waals surface area contributed by atoms with Crippen LogP contribution in [0.15, 0.2) is 78.9 Å². The van der Waals surface area contributed by atoms with E-state index in [4.69, 9.17) is 9.47 Å². The minimum Gasteiger partial charge on any atom is -0.455 e. The number of methoxy groups -OCH3 is 1. The molecule has 0 radical (unpaired) electrons. The minimum atomic E-state index is -0.500. The second-order valence-electron chi connectivity index (χ2n) is 12.5. The predicted molar refractivity (Wildman–Crippen MR) is 188 cm³/mol. The lowest BCUT2D eigenvalue weighted by atomic mass is 9.98. The Morgan fingerprint density at radius 3 is 2.20 bits per heavy atom. The number of anilines is 1. The van der Waals surface area contributed by atoms with Crippen LogP contribution in [0.5, 0.6) is 0 Å². The lowest BCUT2D eigenvalue weighted by Gasteiger charge is -2.46. The fourth-order valence-corrected chi connectivity index (χ4v) is 6.85. The molecule has 10 heteroatoms. The number of piperidine rings is 1. The second-order valence-corrected chi connectivity index (χ2v) is 13.7. The highest BCUT2D eigenvalue weighted by atomic mass is 127. The fraction of sp³-hybridized carbons (Fsp3) is 0.444. The molecule has 2 saturated heterocycles. The molecule has 4 atom stereocenters. The molecule has 2 aliphatic heterocycles. The van der Waals surface area contributed by atoms with Crippen LogP contribution in [0.2, 0.25) is 0 Å². The maximum Gasteiger partial charge on any atom is 0.338 e. The van der Waals surface area contributed by atoms with Gasteiger partial charge in [-0.15, -0.1) is 0 Å². The van der Waals surface area contributed by atoms with Gasteiger partial charge in [-0.2, -0.15) is 0 Å². The summed E-state index contributed by atoms with van der Waals surface area (Å²) < 4.78 is 25.1. The fourth-order valence-electron chi connectivity index (χ4n) is 6.37. The summed E-state index contributed by atoms with van der Waals surface area (Å²) >= 11 is 2.22. The van der Waals surface area contributed by atoms with Crippen molar-refractivity contribution in [3.8, 4) is 11.1 Å². The van der Waals surface area contributed by atoms with Crippen molar-refractivity contribution in [3.05, 3.63) is 90.2 Å². The summed E-state index contributed by atoms with van der Waals surface area (Å²) in [5, 5.41) is 3.19. The number of ether oxygens (including phenoxy) is 2. The number of benzene rings is 3. The van der Waals surface area contributed by atoms with Crippen LogP contribution < -0.4 is 10.2 Å². The first-order valence-corrected chi connectivity index (χ1v) is 17.3. The molecule has 5 rings (SSSR count). The molecule has 0 aliphatic carbocycles. The number of hydrogen-bond donors (Lipinski definition) is 1. The number of nitrogens with zero attached hydrogens (tertiary/aromatic N) is 3. The Morgan fingerprint density at radius 1 is 0.913 bits per heavy atom. The van der Waals surface area contributed by atoms with E-state index in [2.05, 4.69) is 51.6 Å². The summed E-state index contributed by atoms with van der Waals surface area (Å²) in [5.74, 6) is -0.255. The number of carbonyl (C=O) groups is 2. The van der Waals surface area contributed by atoms with Crippen molar-refractivity contribution in [2.75, 3.05) is 51.3 Å². The van der Waals surface area contributed by atoms with Gasteiger partial charge < -0.3 is 24.6 Å². The van der Waals surface area contributed by atoms with Gasteiger partial charge in [0.1, 0.15) is 16.0 Å². The number of carbonyl (C=O) groups excluding carboxylic acids is 2. The quantitative estimate of drug-likeness (QED) is 0.147. The number of piperazine rings is 1. The molecule has 2 unspecified atom stereocenters. The van der Waals surface area contributed by atoms with Gasteiger partial charge >= 0.3 is 12.0 Å². The number of rotatable bonds is 10. The van der Waals surface area contributed by atoms with E-state index in [1.807, 2.05) is 54.6 Å². The van der Waals surface area contributed by atoms with Gasteiger partial charge in [-0.1, -0.05) is 56.3 Å². The van der Waals surface area contributed by atoms with Crippen LogP contribution in [-0.4, -0.2) is 90.5 Å². The highest BCUT2D eigenvalue weighted by Crippen LogP contribution is 2.26. The highest BCUT2D eigenvalue weighted by molar-refractivity contribution is 14.1. The van der Waals surface area contributed by atoms with Gasteiger partial charge in [0.2, 0.25) is 0 Å². The molecule has 3 aromatic rings. The molecule has 2 aliphatic rings. The summed E-state index contributed by atoms with van der Waals surface area (Å²) in [4.78, 5) is 33.5. The Bertz CT molecular complexity index is 1420. The molecular formula is C36H44FIN4O4. The monoisotopic (exact) mass is 742 g/mol. The van der Waals surface area contributed by atoms with Gasteiger partial charge in [-0.3, -0.25) is 4.90 Å². The molecule has 8 nitrogen and oxygen atoms in total. The van der Waals surface area contributed by atoms with Crippen LogP contribution in [0.3, 0.4) is 0 Å². The van der Waals surface area contributed by atoms with Crippen LogP contribution in [0.1, 0.15) is 37.0 Å². The van der Waals surface area contributed by atoms with Crippen LogP contribution in [0.4, 0.5) is 14.9 Å². The first-order chi connectivity index (χ1) is 22.2. The third-order valence-electron chi connectivity index (χ3n) is 8.85. The molecule has 246 valence electrons. The first-order valence-electron chi connectivity index (χ1n) is 16.0. The maximum absolute atomic E-state index is 13.6. The molecule has 0 spiro atoms. The second kappa shape index (κ2) is 16.1. The van der Waals surface area contributed by atoms with Gasteiger partial charge in [0.15, 0.2) is 0 Å². The van der Waals surface area contributed by atoms with Crippen LogP contribution in [-0.2, 0) is 9.47 Å². The average molecular weight is 743 g/mol. The number of likely N-dealkylation sites (tertiary alicyclic amines) is 1. The third-order valence-corrected chi connectivity index (χ3v) is 10.2. The Morgan fingerprint density at radius 2 is 1.57 bits per heavy atom. The molecule has 2 fully saturated rings. The van der Waals surface area contributed by atoms with Gasteiger partial charge in [-0.25, -0.2) is 14.0 Å². The van der Waals surface area contributed by atoms with E-state index in [0.29, 0.717) is 31.0 Å². The third kappa shape index (κ3) is 8.77. The average Bonchev–Trinajstić information content (AvgIpc) is 3.08. The largest absolute Gasteiger partial charge is 0.455 e. The van der Waals surface area contributed by atoms with Crippen molar-refractivity contribution >= 4 is 40.3 Å². The van der Waals surface area contributed by atoms with Crippen LogP contribution in [0, 0.1) is 11.7 Å². The van der Waals surface area contributed by atoms with Crippen molar-refractivity contribution in [3.63, 3.8) is 0 Å². The summed E-state index contributed by atoms with van der Waals surface area (Å²) in [6, 6.07) is 23.8. The first kappa shape index (κ1) is 34.1. The number of amides is 2.